The van der Waals surface area contributed by atoms with Crippen LogP contribution in [0.4, 0.5) is 5.69 Å². The van der Waals surface area contributed by atoms with Crippen LogP contribution in [0, 0.1) is 0 Å². The zero-order valence-electron chi connectivity index (χ0n) is 15.7. The van der Waals surface area contributed by atoms with Crippen molar-refractivity contribution < 1.29 is 8.42 Å². The Bertz CT molecular complexity index is 952. The Kier molecular flexibility index (Phi) is 5.82. The second kappa shape index (κ2) is 8.10. The first-order chi connectivity index (χ1) is 12.8. The molecule has 0 bridgehead atoms. The number of aryl methyl sites for hydroxylation is 2. The minimum absolute atomic E-state index is 0.163. The molecular formula is C20H26N4O2S. The van der Waals surface area contributed by atoms with E-state index in [-0.39, 0.29) is 10.9 Å². The number of guanidine groups is 1. The lowest BCUT2D eigenvalue weighted by molar-refractivity contribution is 0.569. The number of rotatable bonds is 6. The van der Waals surface area contributed by atoms with Gasteiger partial charge < -0.3 is 11.1 Å². The standard InChI is InChI=1S/C20H26N4O2S/c1-14(2)24-27(25,26)19-8-3-5-15(11-19)13-22-20(21)23-18-10-9-16-6-4-7-17(16)12-18/h3,5,8-12,14,24H,4,6-7,13H2,1-2H3,(H3,21,22,23). The second-order valence-electron chi connectivity index (χ2n) is 7.09. The van der Waals surface area contributed by atoms with Gasteiger partial charge in [-0.15, -0.1) is 0 Å². The SMILES string of the molecule is CC(C)NS(=O)(=O)c1cccc(CN=C(N)Nc2ccc3c(c2)CCC3)c1. The third-order valence-corrected chi connectivity index (χ3v) is 6.06. The molecule has 0 saturated heterocycles. The van der Waals surface area contributed by atoms with Crippen molar-refractivity contribution in [2.24, 2.45) is 10.7 Å². The zero-order valence-corrected chi connectivity index (χ0v) is 16.5. The summed E-state index contributed by atoms with van der Waals surface area (Å²) < 4.78 is 27.1. The quantitative estimate of drug-likeness (QED) is 0.525. The van der Waals surface area contributed by atoms with Crippen LogP contribution >= 0.6 is 0 Å². The van der Waals surface area contributed by atoms with Gasteiger partial charge in [0.1, 0.15) is 0 Å². The van der Waals surface area contributed by atoms with E-state index in [4.69, 9.17) is 5.73 Å². The van der Waals surface area contributed by atoms with Crippen LogP contribution in [-0.4, -0.2) is 20.4 Å². The molecule has 0 heterocycles. The molecule has 2 aromatic carbocycles. The highest BCUT2D eigenvalue weighted by Crippen LogP contribution is 2.24. The number of hydrogen-bond acceptors (Lipinski definition) is 3. The summed E-state index contributed by atoms with van der Waals surface area (Å²) in [6.45, 7) is 3.88. The Morgan fingerprint density at radius 2 is 1.93 bits per heavy atom. The van der Waals surface area contributed by atoms with Crippen molar-refractivity contribution in [3.63, 3.8) is 0 Å². The van der Waals surface area contributed by atoms with Crippen molar-refractivity contribution in [3.8, 4) is 0 Å². The van der Waals surface area contributed by atoms with E-state index in [1.807, 2.05) is 12.1 Å². The first kappa shape index (κ1) is 19.4. The lowest BCUT2D eigenvalue weighted by Gasteiger charge is -2.10. The Morgan fingerprint density at radius 3 is 2.70 bits per heavy atom. The monoisotopic (exact) mass is 386 g/mol. The minimum atomic E-state index is -3.52. The van der Waals surface area contributed by atoms with Crippen molar-refractivity contribution in [2.45, 2.75) is 50.6 Å². The number of nitrogens with one attached hydrogen (secondary N) is 2. The molecule has 3 rings (SSSR count). The zero-order chi connectivity index (χ0) is 19.4. The summed E-state index contributed by atoms with van der Waals surface area (Å²) >= 11 is 0. The fourth-order valence-corrected chi connectivity index (χ4v) is 4.52. The molecule has 7 heteroatoms. The minimum Gasteiger partial charge on any atom is -0.370 e. The van der Waals surface area contributed by atoms with Gasteiger partial charge in [0.25, 0.3) is 0 Å². The van der Waals surface area contributed by atoms with E-state index in [9.17, 15) is 8.42 Å². The summed E-state index contributed by atoms with van der Waals surface area (Å²) in [5.41, 5.74) is 10.5. The third-order valence-electron chi connectivity index (χ3n) is 4.40. The molecule has 1 aliphatic rings. The van der Waals surface area contributed by atoms with Gasteiger partial charge in [-0.1, -0.05) is 18.2 Å². The molecule has 1 aliphatic carbocycles. The topological polar surface area (TPSA) is 96.6 Å². The Balaban J connectivity index is 1.67. The van der Waals surface area contributed by atoms with Crippen LogP contribution in [0.25, 0.3) is 0 Å². The lowest BCUT2D eigenvalue weighted by atomic mass is 10.1. The van der Waals surface area contributed by atoms with Crippen LogP contribution in [0.3, 0.4) is 0 Å². The fourth-order valence-electron chi connectivity index (χ4n) is 3.20. The highest BCUT2D eigenvalue weighted by atomic mass is 32.2. The molecule has 0 atom stereocenters. The van der Waals surface area contributed by atoms with Crippen molar-refractivity contribution in [1.29, 1.82) is 0 Å². The largest absolute Gasteiger partial charge is 0.370 e. The highest BCUT2D eigenvalue weighted by Gasteiger charge is 2.15. The smallest absolute Gasteiger partial charge is 0.240 e. The van der Waals surface area contributed by atoms with Gasteiger partial charge in [-0.3, -0.25) is 0 Å². The molecular weight excluding hydrogens is 360 g/mol. The summed E-state index contributed by atoms with van der Waals surface area (Å²) in [6.07, 6.45) is 3.45. The van der Waals surface area contributed by atoms with E-state index in [0.29, 0.717) is 12.5 Å². The maximum atomic E-state index is 12.3. The Hall–Kier alpha value is -2.38. The predicted molar refractivity (Wildman–Crippen MR) is 109 cm³/mol. The molecule has 0 aromatic heterocycles. The van der Waals surface area contributed by atoms with Crippen molar-refractivity contribution in [1.82, 2.24) is 4.72 Å². The summed E-state index contributed by atoms with van der Waals surface area (Å²) in [7, 11) is -3.52. The van der Waals surface area contributed by atoms with Crippen LogP contribution < -0.4 is 15.8 Å². The van der Waals surface area contributed by atoms with Crippen LogP contribution in [0.2, 0.25) is 0 Å². The normalized spacial score (nSPS) is 14.4. The van der Waals surface area contributed by atoms with Gasteiger partial charge in [-0.2, -0.15) is 0 Å². The summed E-state index contributed by atoms with van der Waals surface area (Å²) in [5.74, 6) is 0.307. The number of anilines is 1. The van der Waals surface area contributed by atoms with Gasteiger partial charge in [-0.05, 0) is 74.1 Å². The predicted octanol–water partition coefficient (Wildman–Crippen LogP) is 2.79. The van der Waals surface area contributed by atoms with Crippen LogP contribution in [0.5, 0.6) is 0 Å². The summed E-state index contributed by atoms with van der Waals surface area (Å²) in [6, 6.07) is 12.8. The van der Waals surface area contributed by atoms with Crippen LogP contribution in [0.1, 0.15) is 37.0 Å². The van der Waals surface area contributed by atoms with Gasteiger partial charge in [0.05, 0.1) is 11.4 Å². The molecule has 0 fully saturated rings. The molecule has 4 N–H and O–H groups in total. The average molecular weight is 387 g/mol. The van der Waals surface area contributed by atoms with Gasteiger partial charge >= 0.3 is 0 Å². The molecule has 27 heavy (non-hydrogen) atoms. The van der Waals surface area contributed by atoms with Crippen LogP contribution in [0.15, 0.2) is 52.4 Å². The van der Waals surface area contributed by atoms with Gasteiger partial charge in [0, 0.05) is 11.7 Å². The molecule has 0 spiro atoms. The molecule has 0 radical (unpaired) electrons. The number of sulfonamides is 1. The average Bonchev–Trinajstić information content (AvgIpc) is 3.07. The molecule has 0 unspecified atom stereocenters. The van der Waals surface area contributed by atoms with Gasteiger partial charge in [0.2, 0.25) is 10.0 Å². The molecule has 144 valence electrons. The summed E-state index contributed by atoms with van der Waals surface area (Å²) in [4.78, 5) is 4.57. The molecule has 6 nitrogen and oxygen atoms in total. The second-order valence-corrected chi connectivity index (χ2v) is 8.80. The number of benzene rings is 2. The maximum Gasteiger partial charge on any atom is 0.240 e. The number of aliphatic imine (C=N–C) groups is 1. The highest BCUT2D eigenvalue weighted by molar-refractivity contribution is 7.89. The maximum absolute atomic E-state index is 12.3. The van der Waals surface area contributed by atoms with E-state index in [0.717, 1.165) is 24.1 Å². The molecule has 0 aliphatic heterocycles. The van der Waals surface area contributed by atoms with Crippen molar-refractivity contribution in [2.75, 3.05) is 5.32 Å². The first-order valence-corrected chi connectivity index (χ1v) is 10.6. The van der Waals surface area contributed by atoms with E-state index in [1.54, 1.807) is 32.0 Å². The first-order valence-electron chi connectivity index (χ1n) is 9.13. The van der Waals surface area contributed by atoms with E-state index >= 15 is 0 Å². The Morgan fingerprint density at radius 1 is 1.15 bits per heavy atom. The Labute approximate surface area is 160 Å². The molecule has 2 aromatic rings. The van der Waals surface area contributed by atoms with E-state index in [2.05, 4.69) is 27.2 Å². The number of hydrogen-bond donors (Lipinski definition) is 3. The van der Waals surface area contributed by atoms with Gasteiger partial charge in [0.15, 0.2) is 5.96 Å². The third kappa shape index (κ3) is 5.08. The van der Waals surface area contributed by atoms with E-state index in [1.165, 1.54) is 17.5 Å². The van der Waals surface area contributed by atoms with Crippen molar-refractivity contribution >= 4 is 21.7 Å². The molecule has 0 amide bonds. The van der Waals surface area contributed by atoms with Crippen LogP contribution in [-0.2, 0) is 29.4 Å². The number of nitrogens with zero attached hydrogens (tertiary/aromatic N) is 1. The lowest BCUT2D eigenvalue weighted by Crippen LogP contribution is -2.30. The van der Waals surface area contributed by atoms with E-state index < -0.39 is 10.0 Å². The van der Waals surface area contributed by atoms with Crippen molar-refractivity contribution in [3.05, 3.63) is 59.2 Å². The number of fused-ring (bicyclic) bond motifs is 1. The summed E-state index contributed by atoms with van der Waals surface area (Å²) in [5, 5.41) is 3.11. The van der Waals surface area contributed by atoms with Gasteiger partial charge in [-0.25, -0.2) is 18.1 Å². The number of nitrogens with two attached hydrogens (primary N) is 1. The molecule has 0 saturated carbocycles. The fraction of sp³-hybridized carbons (Fsp3) is 0.350.